The second-order valence-corrected chi connectivity index (χ2v) is 4.92. The van der Waals surface area contributed by atoms with Crippen LogP contribution in [0.5, 0.6) is 0 Å². The van der Waals surface area contributed by atoms with E-state index >= 15 is 0 Å². The van der Waals surface area contributed by atoms with Crippen LogP contribution in [0.2, 0.25) is 0 Å². The summed E-state index contributed by atoms with van der Waals surface area (Å²) in [6.45, 7) is 0. The van der Waals surface area contributed by atoms with E-state index in [0.717, 1.165) is 21.5 Å². The zero-order valence-electron chi connectivity index (χ0n) is 10.4. The highest BCUT2D eigenvalue weighted by molar-refractivity contribution is 9.10. The van der Waals surface area contributed by atoms with Gasteiger partial charge in [-0.05, 0) is 40.2 Å². The zero-order chi connectivity index (χ0) is 13.9. The summed E-state index contributed by atoms with van der Waals surface area (Å²) in [6, 6.07) is 19.1. The van der Waals surface area contributed by atoms with Crippen LogP contribution in [0.25, 0.3) is 16.9 Å². The summed E-state index contributed by atoms with van der Waals surface area (Å²) in [5, 5.41) is 17.2. The molecular formula is C15H9BrN4. The standard InChI is InChI=1S/C15H9BrN4/c16-15-14(12-4-2-1-3-5-12)18-19-20(15)13-8-6-11(10-17)7-9-13/h1-9H. The molecule has 4 nitrogen and oxygen atoms in total. The molecule has 0 saturated heterocycles. The van der Waals surface area contributed by atoms with E-state index in [1.165, 1.54) is 0 Å². The second-order valence-electron chi connectivity index (χ2n) is 4.17. The van der Waals surface area contributed by atoms with Crippen LogP contribution in [0.4, 0.5) is 0 Å². The molecule has 0 aliphatic heterocycles. The smallest absolute Gasteiger partial charge is 0.138 e. The van der Waals surface area contributed by atoms with E-state index in [4.69, 9.17) is 5.26 Å². The van der Waals surface area contributed by atoms with Crippen molar-refractivity contribution in [2.45, 2.75) is 0 Å². The molecule has 0 amide bonds. The Balaban J connectivity index is 2.04. The lowest BCUT2D eigenvalue weighted by atomic mass is 10.2. The van der Waals surface area contributed by atoms with Crippen LogP contribution < -0.4 is 0 Å². The number of hydrogen-bond acceptors (Lipinski definition) is 3. The molecule has 0 fully saturated rings. The van der Waals surface area contributed by atoms with Crippen LogP contribution in [0.3, 0.4) is 0 Å². The summed E-state index contributed by atoms with van der Waals surface area (Å²) in [5.74, 6) is 0. The van der Waals surface area contributed by atoms with Crippen LogP contribution in [0, 0.1) is 11.3 Å². The number of aromatic nitrogens is 3. The molecule has 20 heavy (non-hydrogen) atoms. The Morgan fingerprint density at radius 1 is 1.00 bits per heavy atom. The molecule has 0 aliphatic carbocycles. The second kappa shape index (κ2) is 5.27. The lowest BCUT2D eigenvalue weighted by Gasteiger charge is -2.02. The van der Waals surface area contributed by atoms with Gasteiger partial charge in [0.05, 0.1) is 17.3 Å². The molecule has 0 atom stereocenters. The minimum atomic E-state index is 0.619. The van der Waals surface area contributed by atoms with Gasteiger partial charge in [0, 0.05) is 5.56 Å². The van der Waals surface area contributed by atoms with E-state index in [0.29, 0.717) is 5.56 Å². The van der Waals surface area contributed by atoms with Gasteiger partial charge in [0.1, 0.15) is 10.3 Å². The fourth-order valence-corrected chi connectivity index (χ4v) is 2.47. The summed E-state index contributed by atoms with van der Waals surface area (Å²) >= 11 is 3.53. The normalized spacial score (nSPS) is 10.2. The van der Waals surface area contributed by atoms with Gasteiger partial charge in [0.25, 0.3) is 0 Å². The highest BCUT2D eigenvalue weighted by atomic mass is 79.9. The lowest BCUT2D eigenvalue weighted by Crippen LogP contribution is -1.96. The fourth-order valence-electron chi connectivity index (χ4n) is 1.89. The van der Waals surface area contributed by atoms with Crippen molar-refractivity contribution in [3.63, 3.8) is 0 Å². The monoisotopic (exact) mass is 324 g/mol. The third-order valence-electron chi connectivity index (χ3n) is 2.90. The van der Waals surface area contributed by atoms with Crippen LogP contribution >= 0.6 is 15.9 Å². The van der Waals surface area contributed by atoms with Crippen molar-refractivity contribution in [1.29, 1.82) is 5.26 Å². The molecule has 0 bridgehead atoms. The molecule has 0 N–H and O–H groups in total. The molecule has 96 valence electrons. The van der Waals surface area contributed by atoms with Gasteiger partial charge in [-0.2, -0.15) is 5.26 Å². The van der Waals surface area contributed by atoms with E-state index in [1.807, 2.05) is 42.5 Å². The molecule has 0 radical (unpaired) electrons. The van der Waals surface area contributed by atoms with E-state index in [2.05, 4.69) is 32.3 Å². The van der Waals surface area contributed by atoms with Crippen molar-refractivity contribution in [1.82, 2.24) is 15.0 Å². The average Bonchev–Trinajstić information content (AvgIpc) is 2.90. The van der Waals surface area contributed by atoms with Crippen molar-refractivity contribution in [2.24, 2.45) is 0 Å². The Morgan fingerprint density at radius 2 is 1.70 bits per heavy atom. The zero-order valence-corrected chi connectivity index (χ0v) is 11.9. The van der Waals surface area contributed by atoms with Crippen molar-refractivity contribution in [3.8, 4) is 23.0 Å². The van der Waals surface area contributed by atoms with E-state index in [1.54, 1.807) is 16.8 Å². The van der Waals surface area contributed by atoms with E-state index < -0.39 is 0 Å². The average molecular weight is 325 g/mol. The van der Waals surface area contributed by atoms with Gasteiger partial charge >= 0.3 is 0 Å². The maximum atomic E-state index is 8.81. The Morgan fingerprint density at radius 3 is 2.35 bits per heavy atom. The largest absolute Gasteiger partial charge is 0.206 e. The third kappa shape index (κ3) is 2.22. The number of nitriles is 1. The van der Waals surface area contributed by atoms with Gasteiger partial charge in [-0.15, -0.1) is 5.10 Å². The van der Waals surface area contributed by atoms with Crippen LogP contribution in [-0.2, 0) is 0 Å². The van der Waals surface area contributed by atoms with Crippen molar-refractivity contribution < 1.29 is 0 Å². The number of rotatable bonds is 2. The van der Waals surface area contributed by atoms with Crippen molar-refractivity contribution >= 4 is 15.9 Å². The first kappa shape index (κ1) is 12.6. The fraction of sp³-hybridized carbons (Fsp3) is 0. The topological polar surface area (TPSA) is 54.5 Å². The van der Waals surface area contributed by atoms with Gasteiger partial charge in [-0.25, -0.2) is 4.68 Å². The molecule has 0 spiro atoms. The molecule has 2 aromatic carbocycles. The summed E-state index contributed by atoms with van der Waals surface area (Å²) in [6.07, 6.45) is 0. The van der Waals surface area contributed by atoms with Crippen molar-refractivity contribution in [3.05, 3.63) is 64.8 Å². The van der Waals surface area contributed by atoms with Crippen LogP contribution in [-0.4, -0.2) is 15.0 Å². The predicted molar refractivity (Wildman–Crippen MR) is 79.2 cm³/mol. The summed E-state index contributed by atoms with van der Waals surface area (Å²) in [7, 11) is 0. The summed E-state index contributed by atoms with van der Waals surface area (Å²) in [4.78, 5) is 0. The molecule has 0 aliphatic rings. The molecule has 1 heterocycles. The quantitative estimate of drug-likeness (QED) is 0.724. The number of hydrogen-bond donors (Lipinski definition) is 0. The van der Waals surface area contributed by atoms with Crippen LogP contribution in [0.15, 0.2) is 59.2 Å². The molecule has 1 aromatic heterocycles. The van der Waals surface area contributed by atoms with Crippen molar-refractivity contribution in [2.75, 3.05) is 0 Å². The number of halogens is 1. The molecular weight excluding hydrogens is 316 g/mol. The highest BCUT2D eigenvalue weighted by Gasteiger charge is 2.13. The lowest BCUT2D eigenvalue weighted by molar-refractivity contribution is 0.792. The highest BCUT2D eigenvalue weighted by Crippen LogP contribution is 2.27. The first-order valence-electron chi connectivity index (χ1n) is 5.97. The van der Waals surface area contributed by atoms with Gasteiger partial charge in [0.15, 0.2) is 0 Å². The molecule has 0 unspecified atom stereocenters. The van der Waals surface area contributed by atoms with Gasteiger partial charge in [-0.3, -0.25) is 0 Å². The Bertz CT molecular complexity index is 770. The summed E-state index contributed by atoms with van der Waals surface area (Å²) in [5.41, 5.74) is 3.26. The Hall–Kier alpha value is -2.45. The molecule has 3 aromatic rings. The van der Waals surface area contributed by atoms with E-state index in [-0.39, 0.29) is 0 Å². The van der Waals surface area contributed by atoms with Gasteiger partial charge in [-0.1, -0.05) is 35.5 Å². The first-order chi connectivity index (χ1) is 9.79. The predicted octanol–water partition coefficient (Wildman–Crippen LogP) is 3.57. The van der Waals surface area contributed by atoms with Gasteiger partial charge < -0.3 is 0 Å². The minimum absolute atomic E-state index is 0.619. The van der Waals surface area contributed by atoms with E-state index in [9.17, 15) is 0 Å². The molecule has 3 rings (SSSR count). The Labute approximate surface area is 124 Å². The number of nitrogens with zero attached hydrogens (tertiary/aromatic N) is 4. The number of benzene rings is 2. The molecule has 0 saturated carbocycles. The minimum Gasteiger partial charge on any atom is -0.206 e. The maximum Gasteiger partial charge on any atom is 0.138 e. The third-order valence-corrected chi connectivity index (χ3v) is 3.62. The molecule has 5 heteroatoms. The Kier molecular flexibility index (Phi) is 3.32. The van der Waals surface area contributed by atoms with Gasteiger partial charge in [0.2, 0.25) is 0 Å². The van der Waals surface area contributed by atoms with Crippen LogP contribution in [0.1, 0.15) is 5.56 Å². The summed E-state index contributed by atoms with van der Waals surface area (Å²) < 4.78 is 2.48. The maximum absolute atomic E-state index is 8.81. The first-order valence-corrected chi connectivity index (χ1v) is 6.76. The SMILES string of the molecule is N#Cc1ccc(-n2nnc(-c3ccccc3)c2Br)cc1.